The summed E-state index contributed by atoms with van der Waals surface area (Å²) >= 11 is 0. The van der Waals surface area contributed by atoms with E-state index in [0.717, 1.165) is 25.6 Å². The molecular formula is C20H33Cl2N3O2. The second-order valence-corrected chi connectivity index (χ2v) is 7.49. The minimum Gasteiger partial charge on any atom is -0.378 e. The summed E-state index contributed by atoms with van der Waals surface area (Å²) in [5, 5.41) is 6.35. The highest BCUT2D eigenvalue weighted by Crippen LogP contribution is 2.18. The van der Waals surface area contributed by atoms with Gasteiger partial charge in [0, 0.05) is 32.1 Å². The zero-order valence-electron chi connectivity index (χ0n) is 16.1. The second-order valence-electron chi connectivity index (χ2n) is 7.49. The van der Waals surface area contributed by atoms with Gasteiger partial charge in [-0.1, -0.05) is 31.2 Å². The van der Waals surface area contributed by atoms with Crippen molar-refractivity contribution in [3.8, 4) is 0 Å². The van der Waals surface area contributed by atoms with Crippen LogP contribution in [0.25, 0.3) is 0 Å². The highest BCUT2D eigenvalue weighted by atomic mass is 35.5. The number of ether oxygens (including phenoxy) is 1. The van der Waals surface area contributed by atoms with Gasteiger partial charge >= 0.3 is 0 Å². The van der Waals surface area contributed by atoms with E-state index in [0.29, 0.717) is 19.6 Å². The number of hydrogen-bond acceptors (Lipinski definition) is 4. The van der Waals surface area contributed by atoms with Crippen molar-refractivity contribution in [1.82, 2.24) is 15.5 Å². The molecule has 0 aliphatic carbocycles. The molecule has 0 bridgehead atoms. The lowest BCUT2D eigenvalue weighted by molar-refractivity contribution is -0.122. The number of carbonyl (C=O) groups is 1. The molecule has 2 heterocycles. The largest absolute Gasteiger partial charge is 0.378 e. The standard InChI is InChI=1S/C20H31N3O2.2ClH/c1-16-5-8-23(9-6-16)14-18-4-2-3-17(11-18)13-22-20(24)12-19-15-25-10-7-21-19;;/h2-4,11,16,19,21H,5-10,12-15H2,1H3,(H,22,24);2*1H. The number of likely N-dealkylation sites (tertiary alicyclic amines) is 1. The zero-order chi connectivity index (χ0) is 17.5. The summed E-state index contributed by atoms with van der Waals surface area (Å²) in [5.74, 6) is 0.945. The highest BCUT2D eigenvalue weighted by Gasteiger charge is 2.17. The monoisotopic (exact) mass is 417 g/mol. The predicted octanol–water partition coefficient (Wildman–Crippen LogP) is 2.76. The number of rotatable bonds is 6. The number of carbonyl (C=O) groups excluding carboxylic acids is 1. The number of piperidine rings is 1. The van der Waals surface area contributed by atoms with Crippen molar-refractivity contribution in [2.24, 2.45) is 5.92 Å². The van der Waals surface area contributed by atoms with Crippen molar-refractivity contribution in [3.05, 3.63) is 35.4 Å². The van der Waals surface area contributed by atoms with E-state index in [2.05, 4.69) is 46.7 Å². The van der Waals surface area contributed by atoms with Gasteiger partial charge in [-0.2, -0.15) is 0 Å². The molecule has 0 spiro atoms. The predicted molar refractivity (Wildman–Crippen MR) is 114 cm³/mol. The summed E-state index contributed by atoms with van der Waals surface area (Å²) in [6.45, 7) is 8.52. The van der Waals surface area contributed by atoms with Gasteiger partial charge in [0.15, 0.2) is 0 Å². The van der Waals surface area contributed by atoms with Gasteiger partial charge in [-0.05, 0) is 43.0 Å². The first-order chi connectivity index (χ1) is 12.2. The van der Waals surface area contributed by atoms with E-state index in [4.69, 9.17) is 4.74 Å². The van der Waals surface area contributed by atoms with Crippen LogP contribution in [0.4, 0.5) is 0 Å². The number of amides is 1. The molecule has 0 radical (unpaired) electrons. The molecule has 154 valence electrons. The van der Waals surface area contributed by atoms with Crippen LogP contribution < -0.4 is 10.6 Å². The summed E-state index contributed by atoms with van der Waals surface area (Å²) in [7, 11) is 0. The molecule has 1 aromatic carbocycles. The zero-order valence-corrected chi connectivity index (χ0v) is 17.7. The third-order valence-corrected chi connectivity index (χ3v) is 5.19. The van der Waals surface area contributed by atoms with Gasteiger partial charge in [0.2, 0.25) is 5.91 Å². The van der Waals surface area contributed by atoms with Crippen LogP contribution in [0.2, 0.25) is 0 Å². The van der Waals surface area contributed by atoms with E-state index in [9.17, 15) is 4.79 Å². The smallest absolute Gasteiger partial charge is 0.221 e. The molecule has 7 heteroatoms. The van der Waals surface area contributed by atoms with Crippen molar-refractivity contribution >= 4 is 30.7 Å². The molecule has 0 saturated carbocycles. The lowest BCUT2D eigenvalue weighted by Gasteiger charge is -2.30. The molecule has 1 unspecified atom stereocenters. The SMILES string of the molecule is CC1CCN(Cc2cccc(CNC(=O)CC3COCCN3)c2)CC1.Cl.Cl. The third kappa shape index (κ3) is 8.36. The minimum absolute atomic E-state index is 0. The van der Waals surface area contributed by atoms with Crippen molar-refractivity contribution in [3.63, 3.8) is 0 Å². The second kappa shape index (κ2) is 12.6. The Balaban J connectivity index is 0.00000182. The molecular weight excluding hydrogens is 385 g/mol. The number of nitrogens with one attached hydrogen (secondary N) is 2. The van der Waals surface area contributed by atoms with Crippen molar-refractivity contribution in [2.45, 2.75) is 45.3 Å². The number of nitrogens with zero attached hydrogens (tertiary/aromatic N) is 1. The quantitative estimate of drug-likeness (QED) is 0.746. The Morgan fingerprint density at radius 1 is 1.26 bits per heavy atom. The summed E-state index contributed by atoms with van der Waals surface area (Å²) in [5.41, 5.74) is 2.51. The van der Waals surface area contributed by atoms with Crippen LogP contribution in [-0.4, -0.2) is 49.7 Å². The van der Waals surface area contributed by atoms with Gasteiger partial charge in [0.1, 0.15) is 0 Å². The maximum absolute atomic E-state index is 12.1. The highest BCUT2D eigenvalue weighted by molar-refractivity contribution is 5.85. The molecule has 2 aliphatic rings. The third-order valence-electron chi connectivity index (χ3n) is 5.19. The van der Waals surface area contributed by atoms with Crippen molar-refractivity contribution in [2.75, 3.05) is 32.8 Å². The first-order valence-electron chi connectivity index (χ1n) is 9.57. The van der Waals surface area contributed by atoms with Gasteiger partial charge < -0.3 is 15.4 Å². The number of halogens is 2. The Bertz CT molecular complexity index is 560. The number of morpholine rings is 1. The van der Waals surface area contributed by atoms with Gasteiger partial charge in [0.05, 0.1) is 13.2 Å². The van der Waals surface area contributed by atoms with E-state index in [1.54, 1.807) is 0 Å². The van der Waals surface area contributed by atoms with Crippen molar-refractivity contribution < 1.29 is 9.53 Å². The van der Waals surface area contributed by atoms with Gasteiger partial charge in [-0.3, -0.25) is 9.69 Å². The fraction of sp³-hybridized carbons (Fsp3) is 0.650. The van der Waals surface area contributed by atoms with E-state index >= 15 is 0 Å². The van der Waals surface area contributed by atoms with E-state index in [-0.39, 0.29) is 36.8 Å². The Labute approximate surface area is 175 Å². The maximum Gasteiger partial charge on any atom is 0.221 e. The molecule has 2 N–H and O–H groups in total. The molecule has 1 aromatic rings. The average Bonchev–Trinajstić information content (AvgIpc) is 2.63. The molecule has 0 aromatic heterocycles. The summed E-state index contributed by atoms with van der Waals surface area (Å²) in [6.07, 6.45) is 3.08. The first kappa shape index (κ1) is 24.2. The fourth-order valence-corrected chi connectivity index (χ4v) is 3.56. The molecule has 2 aliphatic heterocycles. The molecule has 27 heavy (non-hydrogen) atoms. The summed E-state index contributed by atoms with van der Waals surface area (Å²) < 4.78 is 5.39. The van der Waals surface area contributed by atoms with Crippen LogP contribution in [0.3, 0.4) is 0 Å². The molecule has 2 saturated heterocycles. The topological polar surface area (TPSA) is 53.6 Å². The Morgan fingerprint density at radius 2 is 2.00 bits per heavy atom. The molecule has 2 fully saturated rings. The first-order valence-corrected chi connectivity index (χ1v) is 9.57. The van der Waals surface area contributed by atoms with Crippen LogP contribution in [0.15, 0.2) is 24.3 Å². The van der Waals surface area contributed by atoms with E-state index < -0.39 is 0 Å². The minimum atomic E-state index is 0. The summed E-state index contributed by atoms with van der Waals surface area (Å²) in [4.78, 5) is 14.6. The molecule has 5 nitrogen and oxygen atoms in total. The van der Waals surface area contributed by atoms with E-state index in [1.165, 1.54) is 37.1 Å². The lowest BCUT2D eigenvalue weighted by Crippen LogP contribution is -2.44. The van der Waals surface area contributed by atoms with Crippen LogP contribution in [0.5, 0.6) is 0 Å². The maximum atomic E-state index is 12.1. The Morgan fingerprint density at radius 3 is 2.70 bits per heavy atom. The average molecular weight is 418 g/mol. The molecule has 1 atom stereocenters. The van der Waals surface area contributed by atoms with Gasteiger partial charge in [0.25, 0.3) is 0 Å². The number of benzene rings is 1. The van der Waals surface area contributed by atoms with E-state index in [1.807, 2.05) is 0 Å². The van der Waals surface area contributed by atoms with Crippen LogP contribution >= 0.6 is 24.8 Å². The van der Waals surface area contributed by atoms with Gasteiger partial charge in [-0.15, -0.1) is 24.8 Å². The van der Waals surface area contributed by atoms with Crippen LogP contribution in [0.1, 0.15) is 37.3 Å². The molecule has 3 rings (SSSR count). The van der Waals surface area contributed by atoms with Crippen LogP contribution in [-0.2, 0) is 22.6 Å². The summed E-state index contributed by atoms with van der Waals surface area (Å²) in [6, 6.07) is 8.73. The van der Waals surface area contributed by atoms with Crippen molar-refractivity contribution in [1.29, 1.82) is 0 Å². The lowest BCUT2D eigenvalue weighted by atomic mass is 9.98. The fourth-order valence-electron chi connectivity index (χ4n) is 3.56. The number of hydrogen-bond donors (Lipinski definition) is 2. The molecule has 1 amide bonds. The van der Waals surface area contributed by atoms with Gasteiger partial charge in [-0.25, -0.2) is 0 Å². The van der Waals surface area contributed by atoms with Crippen LogP contribution in [0, 0.1) is 5.92 Å². The Hall–Kier alpha value is -0.850. The normalized spacial score (nSPS) is 21.0. The Kier molecular flexibility index (Phi) is 11.3.